The fourth-order valence-corrected chi connectivity index (χ4v) is 2.47. The molecule has 1 aliphatic heterocycles. The van der Waals surface area contributed by atoms with E-state index in [0.717, 1.165) is 25.2 Å². The number of rotatable bonds is 4. The third-order valence-corrected chi connectivity index (χ3v) is 3.38. The largest absolute Gasteiger partial charge is 0.508 e. The van der Waals surface area contributed by atoms with Crippen molar-refractivity contribution in [2.45, 2.75) is 25.4 Å². The van der Waals surface area contributed by atoms with Gasteiger partial charge in [0.05, 0.1) is 0 Å². The molecule has 2 rings (SSSR count). The first-order valence-electron chi connectivity index (χ1n) is 6.10. The molecule has 0 spiro atoms. The standard InChI is InChI=1S/C13H20N2O2/c1-14-8-11-3-2-6-15(11)9-10-4-5-12(16)7-13(10)17/h4-5,7,11,14,16-17H,2-3,6,8-9H2,1H3. The van der Waals surface area contributed by atoms with Gasteiger partial charge >= 0.3 is 0 Å². The molecule has 1 heterocycles. The Balaban J connectivity index is 2.04. The first-order chi connectivity index (χ1) is 8.20. The first-order valence-corrected chi connectivity index (χ1v) is 6.10. The quantitative estimate of drug-likeness (QED) is 0.737. The Kier molecular flexibility index (Phi) is 3.86. The number of likely N-dealkylation sites (tertiary alicyclic amines) is 1. The van der Waals surface area contributed by atoms with Crippen molar-refractivity contribution in [1.82, 2.24) is 10.2 Å². The zero-order chi connectivity index (χ0) is 12.3. The van der Waals surface area contributed by atoms with Crippen LogP contribution in [0.3, 0.4) is 0 Å². The van der Waals surface area contributed by atoms with Crippen molar-refractivity contribution >= 4 is 0 Å². The van der Waals surface area contributed by atoms with E-state index in [-0.39, 0.29) is 11.5 Å². The molecule has 1 aromatic rings. The molecule has 3 N–H and O–H groups in total. The Bertz CT molecular complexity index is 382. The maximum atomic E-state index is 9.77. The van der Waals surface area contributed by atoms with Gasteiger partial charge < -0.3 is 15.5 Å². The van der Waals surface area contributed by atoms with Gasteiger partial charge in [-0.15, -0.1) is 0 Å². The van der Waals surface area contributed by atoms with Crippen LogP contribution < -0.4 is 5.32 Å². The number of nitrogens with one attached hydrogen (secondary N) is 1. The number of aromatic hydroxyl groups is 2. The smallest absolute Gasteiger partial charge is 0.123 e. The van der Waals surface area contributed by atoms with Gasteiger partial charge in [-0.1, -0.05) is 6.07 Å². The topological polar surface area (TPSA) is 55.7 Å². The summed E-state index contributed by atoms with van der Waals surface area (Å²) in [6.07, 6.45) is 2.42. The molecule has 1 aromatic carbocycles. The van der Waals surface area contributed by atoms with Gasteiger partial charge in [0.1, 0.15) is 11.5 Å². The number of hydrogen-bond donors (Lipinski definition) is 3. The van der Waals surface area contributed by atoms with E-state index in [0.29, 0.717) is 6.04 Å². The second-order valence-electron chi connectivity index (χ2n) is 4.64. The van der Waals surface area contributed by atoms with Crippen molar-refractivity contribution in [3.63, 3.8) is 0 Å². The molecule has 0 bridgehead atoms. The van der Waals surface area contributed by atoms with Gasteiger partial charge in [0.2, 0.25) is 0 Å². The van der Waals surface area contributed by atoms with Crippen LogP contribution in [0.25, 0.3) is 0 Å². The summed E-state index contributed by atoms with van der Waals surface area (Å²) in [5.74, 6) is 0.291. The molecular formula is C13H20N2O2. The fourth-order valence-electron chi connectivity index (χ4n) is 2.47. The zero-order valence-electron chi connectivity index (χ0n) is 10.2. The fraction of sp³-hybridized carbons (Fsp3) is 0.538. The second-order valence-corrected chi connectivity index (χ2v) is 4.64. The van der Waals surface area contributed by atoms with Crippen molar-refractivity contribution in [2.24, 2.45) is 0 Å². The van der Waals surface area contributed by atoms with Gasteiger partial charge in [0.15, 0.2) is 0 Å². The monoisotopic (exact) mass is 236 g/mol. The van der Waals surface area contributed by atoms with Crippen LogP contribution in [0.15, 0.2) is 18.2 Å². The van der Waals surface area contributed by atoms with Crippen LogP contribution in [-0.4, -0.2) is 41.3 Å². The predicted octanol–water partition coefficient (Wildman–Crippen LogP) is 1.28. The van der Waals surface area contributed by atoms with Gasteiger partial charge in [-0.2, -0.15) is 0 Å². The van der Waals surface area contributed by atoms with Gasteiger partial charge in [0, 0.05) is 30.8 Å². The predicted molar refractivity (Wildman–Crippen MR) is 67.1 cm³/mol. The minimum atomic E-state index is 0.111. The number of hydrogen-bond acceptors (Lipinski definition) is 4. The van der Waals surface area contributed by atoms with Crippen LogP contribution in [0, 0.1) is 0 Å². The van der Waals surface area contributed by atoms with Crippen LogP contribution in [0.4, 0.5) is 0 Å². The Labute approximate surface area is 102 Å². The summed E-state index contributed by atoms with van der Waals surface area (Å²) < 4.78 is 0. The number of phenols is 2. The maximum Gasteiger partial charge on any atom is 0.123 e. The molecule has 4 nitrogen and oxygen atoms in total. The molecule has 1 atom stereocenters. The van der Waals surface area contributed by atoms with Crippen LogP contribution in [0.1, 0.15) is 18.4 Å². The molecule has 0 amide bonds. The van der Waals surface area contributed by atoms with Crippen LogP contribution in [0.2, 0.25) is 0 Å². The first kappa shape index (κ1) is 12.2. The van der Waals surface area contributed by atoms with E-state index < -0.39 is 0 Å². The van der Waals surface area contributed by atoms with Crippen molar-refractivity contribution in [2.75, 3.05) is 20.1 Å². The summed E-state index contributed by atoms with van der Waals surface area (Å²) in [5, 5.41) is 22.2. The summed E-state index contributed by atoms with van der Waals surface area (Å²) in [7, 11) is 1.97. The number of nitrogens with zero attached hydrogens (tertiary/aromatic N) is 1. The highest BCUT2D eigenvalue weighted by Crippen LogP contribution is 2.26. The molecule has 1 fully saturated rings. The number of benzene rings is 1. The summed E-state index contributed by atoms with van der Waals surface area (Å²) in [5.41, 5.74) is 0.880. The van der Waals surface area contributed by atoms with E-state index >= 15 is 0 Å². The Morgan fingerprint density at radius 3 is 2.94 bits per heavy atom. The molecule has 17 heavy (non-hydrogen) atoms. The number of likely N-dealkylation sites (N-methyl/N-ethyl adjacent to an activating group) is 1. The van der Waals surface area contributed by atoms with E-state index in [1.165, 1.54) is 18.9 Å². The third kappa shape index (κ3) is 2.90. The third-order valence-electron chi connectivity index (χ3n) is 3.38. The Morgan fingerprint density at radius 2 is 2.24 bits per heavy atom. The van der Waals surface area contributed by atoms with E-state index in [2.05, 4.69) is 10.2 Å². The minimum absolute atomic E-state index is 0.111. The lowest BCUT2D eigenvalue weighted by atomic mass is 10.1. The number of phenolic OH excluding ortho intramolecular Hbond substituents is 2. The molecule has 1 aliphatic rings. The zero-order valence-corrected chi connectivity index (χ0v) is 10.2. The lowest BCUT2D eigenvalue weighted by Crippen LogP contribution is -2.36. The van der Waals surface area contributed by atoms with Crippen molar-refractivity contribution in [3.8, 4) is 11.5 Å². The van der Waals surface area contributed by atoms with E-state index in [9.17, 15) is 10.2 Å². The summed E-state index contributed by atoms with van der Waals surface area (Å²) in [6.45, 7) is 2.81. The van der Waals surface area contributed by atoms with E-state index in [1.54, 1.807) is 12.1 Å². The van der Waals surface area contributed by atoms with Crippen molar-refractivity contribution in [1.29, 1.82) is 0 Å². The van der Waals surface area contributed by atoms with Crippen molar-refractivity contribution < 1.29 is 10.2 Å². The Morgan fingerprint density at radius 1 is 1.41 bits per heavy atom. The lowest BCUT2D eigenvalue weighted by Gasteiger charge is -2.24. The second kappa shape index (κ2) is 5.38. The summed E-state index contributed by atoms with van der Waals surface area (Å²) >= 11 is 0. The van der Waals surface area contributed by atoms with E-state index in [4.69, 9.17) is 0 Å². The SMILES string of the molecule is CNCC1CCCN1Cc1ccc(O)cc1O. The molecule has 0 aromatic heterocycles. The highest BCUT2D eigenvalue weighted by atomic mass is 16.3. The molecule has 1 saturated heterocycles. The minimum Gasteiger partial charge on any atom is -0.508 e. The van der Waals surface area contributed by atoms with Crippen LogP contribution >= 0.6 is 0 Å². The maximum absolute atomic E-state index is 9.77. The molecule has 4 heteroatoms. The average molecular weight is 236 g/mol. The van der Waals surface area contributed by atoms with E-state index in [1.807, 2.05) is 7.05 Å². The van der Waals surface area contributed by atoms with Gasteiger partial charge in [-0.05, 0) is 32.5 Å². The average Bonchev–Trinajstić information content (AvgIpc) is 2.71. The molecule has 0 radical (unpaired) electrons. The molecule has 0 saturated carbocycles. The van der Waals surface area contributed by atoms with Crippen LogP contribution in [-0.2, 0) is 6.54 Å². The Hall–Kier alpha value is -1.26. The van der Waals surface area contributed by atoms with Gasteiger partial charge in [0.25, 0.3) is 0 Å². The lowest BCUT2D eigenvalue weighted by molar-refractivity contribution is 0.239. The summed E-state index contributed by atoms with van der Waals surface area (Å²) in [6, 6.07) is 5.36. The van der Waals surface area contributed by atoms with Crippen molar-refractivity contribution in [3.05, 3.63) is 23.8 Å². The van der Waals surface area contributed by atoms with Gasteiger partial charge in [-0.3, -0.25) is 4.90 Å². The molecule has 0 aliphatic carbocycles. The van der Waals surface area contributed by atoms with Gasteiger partial charge in [-0.25, -0.2) is 0 Å². The highest BCUT2D eigenvalue weighted by Gasteiger charge is 2.24. The molecule has 1 unspecified atom stereocenters. The van der Waals surface area contributed by atoms with Crippen LogP contribution in [0.5, 0.6) is 11.5 Å². The molecule has 94 valence electrons. The molecular weight excluding hydrogens is 216 g/mol. The normalized spacial score (nSPS) is 20.9. The highest BCUT2D eigenvalue weighted by molar-refractivity contribution is 5.38. The summed E-state index contributed by atoms with van der Waals surface area (Å²) in [4.78, 5) is 2.38.